The van der Waals surface area contributed by atoms with E-state index in [1.54, 1.807) is 0 Å². The fraction of sp³-hybridized carbons (Fsp3) is 0.706. The van der Waals surface area contributed by atoms with Crippen molar-refractivity contribution in [2.45, 2.75) is 120 Å². The number of carbonyl (C=O) groups is 4. The lowest BCUT2D eigenvalue weighted by Crippen LogP contribution is -2.49. The van der Waals surface area contributed by atoms with Crippen LogP contribution in [0.2, 0.25) is 0 Å². The summed E-state index contributed by atoms with van der Waals surface area (Å²) in [6.45, 7) is 19.8. The number of hydrogen-bond donors (Lipinski definition) is 4. The first-order chi connectivity index (χ1) is 20.5. The molecule has 1 unspecified atom stereocenters. The van der Waals surface area contributed by atoms with E-state index in [0.717, 1.165) is 52.5 Å². The van der Waals surface area contributed by atoms with Crippen LogP contribution in [0.4, 0.5) is 5.69 Å². The van der Waals surface area contributed by atoms with Crippen LogP contribution in [-0.2, 0) is 23.9 Å². The summed E-state index contributed by atoms with van der Waals surface area (Å²) in [6, 6.07) is 1.18. The zero-order valence-electron chi connectivity index (χ0n) is 28.6. The van der Waals surface area contributed by atoms with E-state index in [0.29, 0.717) is 39.1 Å². The smallest absolute Gasteiger partial charge is 0.242 e. The van der Waals surface area contributed by atoms with Crippen LogP contribution in [0.3, 0.4) is 0 Å². The number of amides is 4. The minimum Gasteiger partial charge on any atom is -0.380 e. The summed E-state index contributed by atoms with van der Waals surface area (Å²) in [4.78, 5) is 50.8. The first kappa shape index (κ1) is 39.6. The molecule has 0 radical (unpaired) electrons. The predicted molar refractivity (Wildman–Crippen MR) is 182 cm³/mol. The molecule has 0 spiro atoms. The highest BCUT2D eigenvalue weighted by atomic mass is 79.9. The molecule has 0 aromatic heterocycles. The highest BCUT2D eigenvalue weighted by molar-refractivity contribution is 9.10. The maximum absolute atomic E-state index is 13.3. The third-order valence-electron chi connectivity index (χ3n) is 7.43. The summed E-state index contributed by atoms with van der Waals surface area (Å²) in [5.74, 6) is -0.683. The number of carbonyl (C=O) groups excluding carboxylic acids is 4. The summed E-state index contributed by atoms with van der Waals surface area (Å²) in [6.07, 6.45) is 4.60. The number of anilines is 1. The van der Waals surface area contributed by atoms with Crippen molar-refractivity contribution in [2.75, 3.05) is 31.6 Å². The molecule has 44 heavy (non-hydrogen) atoms. The Hall–Kier alpha value is -2.46. The van der Waals surface area contributed by atoms with Gasteiger partial charge >= 0.3 is 0 Å². The maximum atomic E-state index is 13.3. The zero-order chi connectivity index (χ0) is 33.5. The van der Waals surface area contributed by atoms with Crippen LogP contribution in [0, 0.1) is 31.6 Å². The van der Waals surface area contributed by atoms with Crippen molar-refractivity contribution in [1.29, 1.82) is 0 Å². The van der Waals surface area contributed by atoms with Crippen molar-refractivity contribution in [3.05, 3.63) is 27.2 Å². The monoisotopic (exact) mass is 680 g/mol. The second kappa shape index (κ2) is 19.1. The molecule has 1 aromatic rings. The molecular formula is C34H57BrN4O5. The average molecular weight is 682 g/mol. The number of hydrogen-bond acceptors (Lipinski definition) is 5. The van der Waals surface area contributed by atoms with Crippen molar-refractivity contribution in [2.24, 2.45) is 10.8 Å². The molecule has 0 aliphatic carbocycles. The molecular weight excluding hydrogens is 624 g/mol. The van der Waals surface area contributed by atoms with Gasteiger partial charge in [-0.1, -0.05) is 76.4 Å². The van der Waals surface area contributed by atoms with Gasteiger partial charge in [-0.2, -0.15) is 0 Å². The van der Waals surface area contributed by atoms with Gasteiger partial charge in [-0.05, 0) is 56.7 Å². The highest BCUT2D eigenvalue weighted by Crippen LogP contribution is 2.31. The van der Waals surface area contributed by atoms with Gasteiger partial charge in [-0.25, -0.2) is 0 Å². The number of nitrogens with one attached hydrogen (secondary N) is 4. The van der Waals surface area contributed by atoms with Gasteiger partial charge in [0.05, 0.1) is 13.2 Å². The van der Waals surface area contributed by atoms with E-state index < -0.39 is 6.04 Å². The van der Waals surface area contributed by atoms with Crippen LogP contribution in [-0.4, -0.2) is 56.0 Å². The SMILES string of the molecule is CCCCCC(=O)NC(CCC(=O)Nc1c(C)cc(C)c(Br)c1C)C(=O)NCC(C)(C)COCC(C)(C)CNC(=O)CCC. The first-order valence-corrected chi connectivity index (χ1v) is 16.8. The minimum atomic E-state index is -0.829. The van der Waals surface area contributed by atoms with Gasteiger partial charge in [0, 0.05) is 53.3 Å². The van der Waals surface area contributed by atoms with Crippen LogP contribution in [0.1, 0.15) is 110 Å². The summed E-state index contributed by atoms with van der Waals surface area (Å²) < 4.78 is 6.96. The molecule has 0 saturated heterocycles. The van der Waals surface area contributed by atoms with Crippen LogP contribution >= 0.6 is 15.9 Å². The Morgan fingerprint density at radius 3 is 2.00 bits per heavy atom. The second-order valence-corrected chi connectivity index (χ2v) is 14.3. The van der Waals surface area contributed by atoms with E-state index in [9.17, 15) is 19.2 Å². The predicted octanol–water partition coefficient (Wildman–Crippen LogP) is 6.26. The van der Waals surface area contributed by atoms with Crippen molar-refractivity contribution >= 4 is 45.2 Å². The van der Waals surface area contributed by atoms with E-state index in [2.05, 4.69) is 44.1 Å². The molecule has 0 aliphatic heterocycles. The standard InChI is InChI=1S/C34H57BrN4O5/c1-10-12-13-15-28(41)38-26(16-17-29(42)39-31-24(4)18-23(3)30(35)25(31)5)32(43)37-20-34(8,9)22-44-21-33(6,7)19-36-27(40)14-11-2/h18,26H,10-17,19-22H2,1-9H3,(H,36,40)(H,37,43)(H,38,41)(H,39,42). The summed E-state index contributed by atoms with van der Waals surface area (Å²) >= 11 is 3.59. The molecule has 0 heterocycles. The quantitative estimate of drug-likeness (QED) is 0.121. The van der Waals surface area contributed by atoms with E-state index in [-0.39, 0.29) is 47.3 Å². The molecule has 250 valence electrons. The Labute approximate surface area is 273 Å². The van der Waals surface area contributed by atoms with E-state index in [1.807, 2.05) is 61.5 Å². The lowest BCUT2D eigenvalue weighted by molar-refractivity contribution is -0.130. The third kappa shape index (κ3) is 15.0. The lowest BCUT2D eigenvalue weighted by Gasteiger charge is -2.30. The third-order valence-corrected chi connectivity index (χ3v) is 8.65. The van der Waals surface area contributed by atoms with Crippen LogP contribution in [0.25, 0.3) is 0 Å². The summed E-state index contributed by atoms with van der Waals surface area (Å²) in [7, 11) is 0. The van der Waals surface area contributed by atoms with Crippen molar-refractivity contribution < 1.29 is 23.9 Å². The van der Waals surface area contributed by atoms with Gasteiger partial charge in [-0.3, -0.25) is 19.2 Å². The molecule has 9 nitrogen and oxygen atoms in total. The lowest BCUT2D eigenvalue weighted by atomic mass is 9.92. The van der Waals surface area contributed by atoms with E-state index >= 15 is 0 Å². The largest absolute Gasteiger partial charge is 0.380 e. The van der Waals surface area contributed by atoms with Gasteiger partial charge < -0.3 is 26.0 Å². The minimum absolute atomic E-state index is 0.0431. The van der Waals surface area contributed by atoms with Gasteiger partial charge in [0.15, 0.2) is 0 Å². The molecule has 10 heteroatoms. The number of aryl methyl sites for hydroxylation is 2. The summed E-state index contributed by atoms with van der Waals surface area (Å²) in [5.41, 5.74) is 3.15. The van der Waals surface area contributed by atoms with Crippen LogP contribution < -0.4 is 21.3 Å². The molecule has 0 bridgehead atoms. The number of rotatable bonds is 20. The summed E-state index contributed by atoms with van der Waals surface area (Å²) in [5, 5.41) is 11.8. The van der Waals surface area contributed by atoms with Crippen molar-refractivity contribution in [1.82, 2.24) is 16.0 Å². The normalized spacial score (nSPS) is 12.4. The van der Waals surface area contributed by atoms with Gasteiger partial charge in [0.2, 0.25) is 23.6 Å². The van der Waals surface area contributed by atoms with Gasteiger partial charge in [-0.15, -0.1) is 0 Å². The Morgan fingerprint density at radius 1 is 0.795 bits per heavy atom. The number of benzene rings is 1. The molecule has 1 aromatic carbocycles. The highest BCUT2D eigenvalue weighted by Gasteiger charge is 2.27. The average Bonchev–Trinajstić information content (AvgIpc) is 2.94. The Balaban J connectivity index is 2.77. The molecule has 0 aliphatic rings. The number of unbranched alkanes of at least 4 members (excludes halogenated alkanes) is 2. The van der Waals surface area contributed by atoms with E-state index in [4.69, 9.17) is 4.74 Å². The molecule has 4 amide bonds. The van der Waals surface area contributed by atoms with Crippen LogP contribution in [0.15, 0.2) is 10.5 Å². The first-order valence-electron chi connectivity index (χ1n) is 16.0. The van der Waals surface area contributed by atoms with Crippen molar-refractivity contribution in [3.63, 3.8) is 0 Å². The number of ether oxygens (including phenoxy) is 1. The molecule has 4 N–H and O–H groups in total. The topological polar surface area (TPSA) is 126 Å². The zero-order valence-corrected chi connectivity index (χ0v) is 30.1. The fourth-order valence-electron chi connectivity index (χ4n) is 4.71. The van der Waals surface area contributed by atoms with Crippen LogP contribution in [0.5, 0.6) is 0 Å². The second-order valence-electron chi connectivity index (χ2n) is 13.6. The maximum Gasteiger partial charge on any atom is 0.242 e. The fourth-order valence-corrected chi connectivity index (χ4v) is 5.02. The van der Waals surface area contributed by atoms with Crippen molar-refractivity contribution in [3.8, 4) is 0 Å². The Kier molecular flexibility index (Phi) is 17.2. The number of halogens is 1. The molecule has 0 fully saturated rings. The van der Waals surface area contributed by atoms with Gasteiger partial charge in [0.1, 0.15) is 6.04 Å². The Morgan fingerprint density at radius 2 is 1.41 bits per heavy atom. The Bertz CT molecular complexity index is 1120. The van der Waals surface area contributed by atoms with Gasteiger partial charge in [0.25, 0.3) is 0 Å². The molecule has 1 rings (SSSR count). The van der Waals surface area contributed by atoms with E-state index in [1.165, 1.54) is 0 Å². The molecule has 1 atom stereocenters. The molecule has 0 saturated carbocycles.